The van der Waals surface area contributed by atoms with Gasteiger partial charge < -0.3 is 24.2 Å². The fourth-order valence-corrected chi connectivity index (χ4v) is 3.53. The highest BCUT2D eigenvalue weighted by molar-refractivity contribution is 5.59. The molecule has 0 spiro atoms. The van der Waals surface area contributed by atoms with Gasteiger partial charge in [-0.05, 0) is 42.7 Å². The number of nitrogens with zero attached hydrogens (tertiary/aromatic N) is 1. The van der Waals surface area contributed by atoms with Crippen LogP contribution in [-0.2, 0) is 17.8 Å². The highest BCUT2D eigenvalue weighted by atomic mass is 16.7. The number of aliphatic hydroxyl groups excluding tert-OH is 1. The van der Waals surface area contributed by atoms with Gasteiger partial charge in [0.15, 0.2) is 11.5 Å². The Kier molecular flexibility index (Phi) is 4.51. The van der Waals surface area contributed by atoms with Crippen LogP contribution in [0.3, 0.4) is 0 Å². The average Bonchev–Trinajstić information content (AvgIpc) is 3.19. The number of fused-ring (bicyclic) bond motifs is 2. The van der Waals surface area contributed by atoms with Gasteiger partial charge in [0.25, 0.3) is 0 Å². The van der Waals surface area contributed by atoms with Crippen LogP contribution in [0.1, 0.15) is 18.1 Å². The molecule has 2 aliphatic heterocycles. The van der Waals surface area contributed by atoms with Crippen LogP contribution in [0.5, 0.6) is 11.5 Å². The van der Waals surface area contributed by atoms with E-state index in [4.69, 9.17) is 14.2 Å². The quantitative estimate of drug-likeness (QED) is 0.876. The molecule has 0 bridgehead atoms. The van der Waals surface area contributed by atoms with Crippen molar-refractivity contribution in [2.45, 2.75) is 32.1 Å². The van der Waals surface area contributed by atoms with Gasteiger partial charge in [0.2, 0.25) is 6.79 Å². The van der Waals surface area contributed by atoms with Crippen molar-refractivity contribution < 1.29 is 19.3 Å². The maximum Gasteiger partial charge on any atom is 0.231 e. The lowest BCUT2D eigenvalue weighted by molar-refractivity contribution is 0.0315. The fraction of sp³-hybridized carbons (Fsp3) is 0.400. The first-order chi connectivity index (χ1) is 12.2. The molecule has 5 heteroatoms. The topological polar surface area (TPSA) is 51.2 Å². The third-order valence-corrected chi connectivity index (χ3v) is 4.77. The van der Waals surface area contributed by atoms with Crippen molar-refractivity contribution >= 4 is 5.69 Å². The lowest BCUT2D eigenvalue weighted by atomic mass is 10.1. The second-order valence-corrected chi connectivity index (χ2v) is 6.69. The summed E-state index contributed by atoms with van der Waals surface area (Å²) in [5.74, 6) is 1.52. The van der Waals surface area contributed by atoms with E-state index < -0.39 is 6.10 Å². The Balaban J connectivity index is 1.29. The molecule has 2 heterocycles. The molecule has 0 amide bonds. The Morgan fingerprint density at radius 2 is 2.04 bits per heavy atom. The van der Waals surface area contributed by atoms with Crippen molar-refractivity contribution in [1.82, 2.24) is 0 Å². The van der Waals surface area contributed by atoms with Gasteiger partial charge >= 0.3 is 0 Å². The third-order valence-electron chi connectivity index (χ3n) is 4.77. The fourth-order valence-electron chi connectivity index (χ4n) is 3.53. The number of hydrogen-bond donors (Lipinski definition) is 1. The molecule has 2 aromatic rings. The number of β-amino-alcohol motifs (C(OH)–C–C–N with tert-alkyl or cyclic N) is 1. The molecule has 2 aliphatic rings. The van der Waals surface area contributed by atoms with Crippen molar-refractivity contribution in [2.24, 2.45) is 0 Å². The number of aliphatic hydroxyl groups is 1. The molecule has 4 rings (SSSR count). The number of anilines is 1. The van der Waals surface area contributed by atoms with Crippen molar-refractivity contribution in [3.8, 4) is 11.5 Å². The van der Waals surface area contributed by atoms with Crippen molar-refractivity contribution in [3.63, 3.8) is 0 Å². The van der Waals surface area contributed by atoms with E-state index in [1.165, 1.54) is 11.3 Å². The Bertz CT molecular complexity index is 748. The average molecular weight is 341 g/mol. The highest BCUT2D eigenvalue weighted by Gasteiger charge is 2.27. The zero-order valence-electron chi connectivity index (χ0n) is 14.4. The Morgan fingerprint density at radius 3 is 2.96 bits per heavy atom. The van der Waals surface area contributed by atoms with Crippen LogP contribution in [0.25, 0.3) is 0 Å². The van der Waals surface area contributed by atoms with Crippen LogP contribution < -0.4 is 14.4 Å². The number of para-hydroxylation sites is 1. The number of benzene rings is 2. The van der Waals surface area contributed by atoms with Gasteiger partial charge in [0, 0.05) is 18.3 Å². The third kappa shape index (κ3) is 3.43. The van der Waals surface area contributed by atoms with Gasteiger partial charge in [-0.3, -0.25) is 0 Å². The van der Waals surface area contributed by atoms with Gasteiger partial charge in [-0.15, -0.1) is 0 Å². The summed E-state index contributed by atoms with van der Waals surface area (Å²) >= 11 is 0. The molecule has 25 heavy (non-hydrogen) atoms. The first kappa shape index (κ1) is 16.2. The monoisotopic (exact) mass is 341 g/mol. The van der Waals surface area contributed by atoms with Crippen LogP contribution in [-0.4, -0.2) is 37.2 Å². The van der Waals surface area contributed by atoms with E-state index in [-0.39, 0.29) is 6.79 Å². The standard InChI is InChI=1S/C20H23NO4/c1-14-8-16-4-2-3-5-18(16)21(14)10-17(22)12-23-11-15-6-7-19-20(9-15)25-13-24-19/h2-7,9,14,17,22H,8,10-13H2,1H3/t14-,17-/m1/s1. The molecular weight excluding hydrogens is 318 g/mol. The molecule has 1 N–H and O–H groups in total. The van der Waals surface area contributed by atoms with Crippen molar-refractivity contribution in [3.05, 3.63) is 53.6 Å². The van der Waals surface area contributed by atoms with Gasteiger partial charge in [-0.25, -0.2) is 0 Å². The predicted molar refractivity (Wildman–Crippen MR) is 95.2 cm³/mol. The molecule has 0 aliphatic carbocycles. The maximum atomic E-state index is 10.4. The second kappa shape index (κ2) is 6.94. The minimum absolute atomic E-state index is 0.272. The first-order valence-corrected chi connectivity index (χ1v) is 8.69. The Morgan fingerprint density at radius 1 is 1.20 bits per heavy atom. The summed E-state index contributed by atoms with van der Waals surface area (Å²) in [4.78, 5) is 2.27. The van der Waals surface area contributed by atoms with E-state index in [0.717, 1.165) is 23.5 Å². The second-order valence-electron chi connectivity index (χ2n) is 6.69. The van der Waals surface area contributed by atoms with Crippen LogP contribution in [0.15, 0.2) is 42.5 Å². The van der Waals surface area contributed by atoms with Crippen LogP contribution in [0, 0.1) is 0 Å². The van der Waals surface area contributed by atoms with Crippen LogP contribution in [0.2, 0.25) is 0 Å². The van der Waals surface area contributed by atoms with Gasteiger partial charge in [-0.2, -0.15) is 0 Å². The van der Waals surface area contributed by atoms with E-state index in [0.29, 0.717) is 25.8 Å². The van der Waals surface area contributed by atoms with Crippen molar-refractivity contribution in [2.75, 3.05) is 24.8 Å². The van der Waals surface area contributed by atoms with E-state index in [9.17, 15) is 5.11 Å². The molecule has 0 saturated heterocycles. The van der Waals surface area contributed by atoms with E-state index in [2.05, 4.69) is 30.0 Å². The molecule has 0 saturated carbocycles. The molecule has 0 aromatic heterocycles. The lowest BCUT2D eigenvalue weighted by Crippen LogP contribution is -2.38. The predicted octanol–water partition coefficient (Wildman–Crippen LogP) is 2.74. The normalized spacial score (nSPS) is 19.1. The summed E-state index contributed by atoms with van der Waals surface area (Å²) in [6.45, 7) is 3.80. The zero-order chi connectivity index (χ0) is 17.2. The summed E-state index contributed by atoms with van der Waals surface area (Å²) in [6, 6.07) is 14.6. The van der Waals surface area contributed by atoms with Crippen LogP contribution in [0.4, 0.5) is 5.69 Å². The van der Waals surface area contributed by atoms with Gasteiger partial charge in [-0.1, -0.05) is 24.3 Å². The number of hydrogen-bond acceptors (Lipinski definition) is 5. The molecule has 0 radical (unpaired) electrons. The minimum Gasteiger partial charge on any atom is -0.454 e. The summed E-state index contributed by atoms with van der Waals surface area (Å²) in [6.07, 6.45) is 0.503. The highest BCUT2D eigenvalue weighted by Crippen LogP contribution is 2.33. The smallest absolute Gasteiger partial charge is 0.231 e. The molecule has 0 fully saturated rings. The first-order valence-electron chi connectivity index (χ1n) is 8.69. The zero-order valence-corrected chi connectivity index (χ0v) is 14.4. The molecule has 2 atom stereocenters. The lowest BCUT2D eigenvalue weighted by Gasteiger charge is -2.27. The van der Waals surface area contributed by atoms with Gasteiger partial charge in [0.05, 0.1) is 19.3 Å². The summed E-state index contributed by atoms with van der Waals surface area (Å²) in [5, 5.41) is 10.4. The molecular formula is C20H23NO4. The summed E-state index contributed by atoms with van der Waals surface area (Å²) in [7, 11) is 0. The molecule has 0 unspecified atom stereocenters. The van der Waals surface area contributed by atoms with E-state index in [1.54, 1.807) is 0 Å². The largest absolute Gasteiger partial charge is 0.454 e. The number of rotatable bonds is 6. The number of ether oxygens (including phenoxy) is 3. The van der Waals surface area contributed by atoms with Crippen LogP contribution >= 0.6 is 0 Å². The molecule has 5 nitrogen and oxygen atoms in total. The summed E-state index contributed by atoms with van der Waals surface area (Å²) < 4.78 is 16.4. The molecule has 2 aromatic carbocycles. The Hall–Kier alpha value is -2.24. The molecule has 132 valence electrons. The van der Waals surface area contributed by atoms with Gasteiger partial charge in [0.1, 0.15) is 0 Å². The maximum absolute atomic E-state index is 10.4. The Labute approximate surface area is 147 Å². The van der Waals surface area contributed by atoms with Crippen molar-refractivity contribution in [1.29, 1.82) is 0 Å². The summed E-state index contributed by atoms with van der Waals surface area (Å²) in [5.41, 5.74) is 3.59. The minimum atomic E-state index is -0.525. The SMILES string of the molecule is C[C@@H]1Cc2ccccc2N1C[C@@H](O)COCc1ccc2c(c1)OCO2. The van der Waals surface area contributed by atoms with E-state index >= 15 is 0 Å². The van der Waals surface area contributed by atoms with E-state index in [1.807, 2.05) is 24.3 Å².